The third kappa shape index (κ3) is 14.3. The topological polar surface area (TPSA) is 25.3 Å². The van der Waals surface area contributed by atoms with Crippen molar-refractivity contribution in [2.45, 2.75) is 220 Å². The summed E-state index contributed by atoms with van der Waals surface area (Å²) in [6.07, 6.45) is 28.2. The molecule has 0 saturated heterocycles. The molecule has 0 amide bonds. The Balaban J connectivity index is 0.00000313. The molecule has 2 aromatic rings. The van der Waals surface area contributed by atoms with E-state index in [1.807, 2.05) is 0 Å². The quantitative estimate of drug-likeness (QED) is 0.0668. The Morgan fingerprint density at radius 1 is 0.396 bits per heavy atom. The number of unbranched alkanes of at least 4 members (excludes halogenated alkanes) is 8. The number of rotatable bonds is 26. The Morgan fingerprint density at radius 3 is 0.868 bits per heavy atom. The standard InChI is InChI=1S/C48H76N2.2CH3.Pd/c1-9-17-25-37-33-41(34-38(26-18-10-2)43(37)29-21-13-5)47-45(31-23-15-7)46(32-24-16-8)48(50(47)49)42-35-39(27-19-11-3)44(30-22-14-6)40(36-42)28-20-12-4;;;/h33-36H,9-32H2,1-8H3;2*1H3;. The van der Waals surface area contributed by atoms with Crippen LogP contribution in [-0.2, 0) is 56.5 Å². The van der Waals surface area contributed by atoms with Gasteiger partial charge in [-0.05, 0) is 160 Å². The van der Waals surface area contributed by atoms with Crippen LogP contribution in [0.2, 0.25) is 10.8 Å². The van der Waals surface area contributed by atoms with Gasteiger partial charge in [0.15, 0.2) is 0 Å². The molecule has 3 rings (SSSR count). The van der Waals surface area contributed by atoms with Crippen molar-refractivity contribution in [1.29, 1.82) is 0 Å². The maximum atomic E-state index is 12.7. The van der Waals surface area contributed by atoms with Crippen molar-refractivity contribution in [3.63, 3.8) is 0 Å². The fourth-order valence-corrected chi connectivity index (χ4v) is 8.07. The third-order valence-electron chi connectivity index (χ3n) is 11.1. The summed E-state index contributed by atoms with van der Waals surface area (Å²) in [6, 6.07) is 10.0. The average Bonchev–Trinajstić information content (AvgIpc) is 3.44. The number of benzene rings is 2. The van der Waals surface area contributed by atoms with E-state index in [9.17, 15) is 5.53 Å². The van der Waals surface area contributed by atoms with Crippen LogP contribution in [0.4, 0.5) is 0 Å². The number of nitrogens with zero attached hydrogens (tertiary/aromatic N) is 2. The van der Waals surface area contributed by atoms with E-state index in [1.54, 1.807) is 15.8 Å². The molecule has 0 unspecified atom stereocenters. The molecule has 1 aliphatic rings. The van der Waals surface area contributed by atoms with Gasteiger partial charge in [0.2, 0.25) is 11.4 Å². The second-order valence-corrected chi connectivity index (χ2v) is 17.2. The van der Waals surface area contributed by atoms with Crippen LogP contribution in [0.25, 0.3) is 16.9 Å². The van der Waals surface area contributed by atoms with Gasteiger partial charge in [-0.15, -0.1) is 0 Å². The summed E-state index contributed by atoms with van der Waals surface area (Å²) in [6.45, 7) is 18.5. The van der Waals surface area contributed by atoms with Crippen molar-refractivity contribution in [3.05, 3.63) is 85.5 Å². The summed E-state index contributed by atoms with van der Waals surface area (Å²) in [4.78, 5) is 0. The van der Waals surface area contributed by atoms with Gasteiger partial charge in [-0.25, -0.2) is 4.70 Å². The van der Waals surface area contributed by atoms with E-state index < -0.39 is 0 Å². The number of hydrogen-bond acceptors (Lipinski definition) is 0. The average molecular weight is 818 g/mol. The van der Waals surface area contributed by atoms with Crippen molar-refractivity contribution >= 4 is 11.4 Å². The van der Waals surface area contributed by atoms with E-state index in [2.05, 4.69) is 90.4 Å². The fraction of sp³-hybridized carbons (Fsp3) is 0.680. The van der Waals surface area contributed by atoms with Gasteiger partial charge in [-0.3, -0.25) is 0 Å². The van der Waals surface area contributed by atoms with E-state index in [0.29, 0.717) is 0 Å². The first-order valence-electron chi connectivity index (χ1n) is 22.3. The van der Waals surface area contributed by atoms with Gasteiger partial charge in [0, 0.05) is 22.3 Å². The first-order valence-corrected chi connectivity index (χ1v) is 25.4. The summed E-state index contributed by atoms with van der Waals surface area (Å²) >= 11 is 0.950. The fourth-order valence-electron chi connectivity index (χ4n) is 8.07. The summed E-state index contributed by atoms with van der Waals surface area (Å²) in [5.41, 5.74) is 29.5. The second kappa shape index (κ2) is 27.7. The summed E-state index contributed by atoms with van der Waals surface area (Å²) in [5.74, 6) is 0. The number of allylic oxidation sites excluding steroid dienone is 2. The number of hydrogen-bond donors (Lipinski definition) is 0. The first kappa shape index (κ1) is 47.3. The summed E-state index contributed by atoms with van der Waals surface area (Å²) < 4.78 is 1.69. The summed E-state index contributed by atoms with van der Waals surface area (Å²) in [7, 11) is 0. The molecule has 3 heteroatoms. The molecule has 2 nitrogen and oxygen atoms in total. The molecule has 0 fully saturated rings. The van der Waals surface area contributed by atoms with E-state index in [0.717, 1.165) is 93.6 Å². The van der Waals surface area contributed by atoms with Crippen LogP contribution in [0.15, 0.2) is 35.4 Å². The molecule has 302 valence electrons. The number of aryl methyl sites for hydroxylation is 4. The van der Waals surface area contributed by atoms with Crippen molar-refractivity contribution in [1.82, 2.24) is 0 Å². The molecule has 1 aliphatic heterocycles. The van der Waals surface area contributed by atoms with Gasteiger partial charge in [0.25, 0.3) is 0 Å². The van der Waals surface area contributed by atoms with E-state index >= 15 is 0 Å². The van der Waals surface area contributed by atoms with Crippen LogP contribution in [0.1, 0.15) is 215 Å². The molecule has 0 N–H and O–H groups in total. The Morgan fingerprint density at radius 2 is 0.623 bits per heavy atom. The molecular weight excluding hydrogens is 735 g/mol. The third-order valence-corrected chi connectivity index (χ3v) is 11.1. The Labute approximate surface area is 338 Å². The normalized spacial score (nSPS) is 13.1. The van der Waals surface area contributed by atoms with Crippen molar-refractivity contribution in [3.8, 4) is 0 Å². The molecule has 0 saturated carbocycles. The maximum absolute atomic E-state index is 12.7. The molecule has 1 heterocycles. The van der Waals surface area contributed by atoms with Crippen molar-refractivity contribution in [2.75, 3.05) is 0 Å². The van der Waals surface area contributed by atoms with Gasteiger partial charge >= 0.3 is 28.8 Å². The molecule has 53 heavy (non-hydrogen) atoms. The van der Waals surface area contributed by atoms with Gasteiger partial charge in [-0.1, -0.05) is 107 Å². The van der Waals surface area contributed by atoms with Gasteiger partial charge in [0.1, 0.15) is 0 Å². The predicted octanol–water partition coefficient (Wildman–Crippen LogP) is 16.5. The van der Waals surface area contributed by atoms with Crippen LogP contribution in [-0.4, -0.2) is 4.70 Å². The molecule has 0 aromatic heterocycles. The molecule has 0 radical (unpaired) electrons. The monoisotopic (exact) mass is 817 g/mol. The molecular formula is C50H82N2Pd. The van der Waals surface area contributed by atoms with Crippen LogP contribution < -0.4 is 0 Å². The van der Waals surface area contributed by atoms with Gasteiger partial charge in [0.05, 0.1) is 0 Å². The Bertz CT molecular complexity index is 1260. The Kier molecular flexibility index (Phi) is 24.8. The zero-order valence-electron chi connectivity index (χ0n) is 36.5. The van der Waals surface area contributed by atoms with E-state index in [1.165, 1.54) is 134 Å². The van der Waals surface area contributed by atoms with Crippen LogP contribution in [0.5, 0.6) is 0 Å². The van der Waals surface area contributed by atoms with Crippen LogP contribution in [0.3, 0.4) is 0 Å². The zero-order valence-corrected chi connectivity index (χ0v) is 38.0. The van der Waals surface area contributed by atoms with Crippen LogP contribution in [0, 0.1) is 0 Å². The first-order chi connectivity index (χ1) is 25.8. The summed E-state index contributed by atoms with van der Waals surface area (Å²) in [5, 5.41) is 4.35. The SMILES string of the molecule is CCCCC1=C(c2cc(CCCC)c(CCCC)c(CCCC)c2)[N+](=[N-])C(c2cc(CCCC)c(CCCC)c(CCCC)c2)=C1CCCC.[CH3][Pd][CH3]. The van der Waals surface area contributed by atoms with Gasteiger partial charge in [-0.2, -0.15) is 0 Å². The zero-order chi connectivity index (χ0) is 39.0. The Hall–Kier alpha value is -1.82. The minimum absolute atomic E-state index is 0.950. The molecule has 0 atom stereocenters. The minimum atomic E-state index is 0.950. The van der Waals surface area contributed by atoms with E-state index in [-0.39, 0.29) is 0 Å². The van der Waals surface area contributed by atoms with Crippen LogP contribution >= 0.6 is 0 Å². The van der Waals surface area contributed by atoms with Gasteiger partial charge < -0.3 is 5.53 Å². The predicted molar refractivity (Wildman–Crippen MR) is 233 cm³/mol. The molecule has 0 aliphatic carbocycles. The second-order valence-electron chi connectivity index (χ2n) is 15.7. The molecule has 2 aromatic carbocycles. The molecule has 0 spiro atoms. The van der Waals surface area contributed by atoms with E-state index in [4.69, 9.17) is 0 Å². The van der Waals surface area contributed by atoms with Crippen molar-refractivity contribution < 1.29 is 22.7 Å². The molecule has 0 bridgehead atoms. The van der Waals surface area contributed by atoms with Crippen molar-refractivity contribution in [2.24, 2.45) is 0 Å².